The largest absolute Gasteiger partial charge is 0.348 e. The second kappa shape index (κ2) is 9.17. The first kappa shape index (κ1) is 22.1. The molecule has 2 aromatic heterocycles. The molecule has 0 aliphatic rings. The smallest absolute Gasteiger partial charge is 0.253 e. The van der Waals surface area contributed by atoms with Crippen molar-refractivity contribution in [3.8, 4) is 0 Å². The Morgan fingerprint density at radius 3 is 2.67 bits per heavy atom. The van der Waals surface area contributed by atoms with Gasteiger partial charge in [-0.25, -0.2) is 13.4 Å². The summed E-state index contributed by atoms with van der Waals surface area (Å²) < 4.78 is 26.0. The Hall–Kier alpha value is -4.11. The lowest BCUT2D eigenvalue weighted by Crippen LogP contribution is -2.22. The highest BCUT2D eigenvalue weighted by Gasteiger charge is 2.17. The van der Waals surface area contributed by atoms with Gasteiger partial charge < -0.3 is 5.32 Å². The molecule has 0 aliphatic carbocycles. The van der Waals surface area contributed by atoms with Crippen LogP contribution in [-0.2, 0) is 16.4 Å². The molecule has 0 aliphatic heterocycles. The molecular weight excluding hydrogens is 438 g/mol. The fourth-order valence-corrected chi connectivity index (χ4v) is 4.42. The summed E-state index contributed by atoms with van der Waals surface area (Å²) in [5.74, 6) is -0.282. The topological polar surface area (TPSA) is 117 Å². The molecule has 0 radical (unpaired) electrons. The van der Waals surface area contributed by atoms with Crippen molar-refractivity contribution in [2.45, 2.75) is 18.4 Å². The molecule has 2 N–H and O–H groups in total. The Bertz CT molecular complexity index is 1470. The van der Waals surface area contributed by atoms with E-state index in [0.717, 1.165) is 10.9 Å². The molecule has 4 aromatic rings. The van der Waals surface area contributed by atoms with Gasteiger partial charge in [-0.1, -0.05) is 30.3 Å². The van der Waals surface area contributed by atoms with E-state index in [1.54, 1.807) is 49.5 Å². The number of para-hydroxylation sites is 1. The molecule has 1 amide bonds. The number of hydrogen-bond acceptors (Lipinski definition) is 6. The van der Waals surface area contributed by atoms with Crippen LogP contribution in [0, 0.1) is 0 Å². The second-order valence-corrected chi connectivity index (χ2v) is 9.46. The van der Waals surface area contributed by atoms with E-state index >= 15 is 0 Å². The number of carbonyl (C=O) groups excluding carboxylic acids is 1. The van der Waals surface area contributed by atoms with Gasteiger partial charge in [-0.15, -0.1) is 0 Å². The lowest BCUT2D eigenvalue weighted by atomic mass is 10.1. The number of benzene rings is 2. The Kier molecular flexibility index (Phi) is 6.14. The fraction of sp³-hybridized carbons (Fsp3) is 0.0833. The maximum atomic E-state index is 13.0. The standard InChI is InChI=1S/C24H21N5O3S/c1-16(11-18-5-3-4-6-22(18)25-2)33(31,32)21-9-7-17(8-10-21)13-27-24(30)20-12-19-15-28-29-23(19)26-14-20/h3-12,14-15H,2,13H2,1H3,(H,27,30)(H,26,28,29)/b16-11+. The van der Waals surface area contributed by atoms with Gasteiger partial charge in [-0.3, -0.25) is 14.9 Å². The van der Waals surface area contributed by atoms with E-state index in [1.165, 1.54) is 18.3 Å². The van der Waals surface area contributed by atoms with Crippen LogP contribution in [0.15, 0.2) is 81.8 Å². The number of amides is 1. The van der Waals surface area contributed by atoms with E-state index in [2.05, 4.69) is 32.2 Å². The molecule has 166 valence electrons. The highest BCUT2D eigenvalue weighted by atomic mass is 32.2. The number of hydrogen-bond donors (Lipinski definition) is 2. The van der Waals surface area contributed by atoms with Crippen LogP contribution < -0.4 is 5.32 Å². The van der Waals surface area contributed by atoms with Crippen molar-refractivity contribution in [3.05, 3.63) is 88.6 Å². The van der Waals surface area contributed by atoms with E-state index in [4.69, 9.17) is 0 Å². The number of nitrogens with one attached hydrogen (secondary N) is 2. The highest BCUT2D eigenvalue weighted by molar-refractivity contribution is 7.95. The van der Waals surface area contributed by atoms with Crippen molar-refractivity contribution < 1.29 is 13.2 Å². The van der Waals surface area contributed by atoms with Gasteiger partial charge >= 0.3 is 0 Å². The summed E-state index contributed by atoms with van der Waals surface area (Å²) in [5.41, 5.74) is 3.08. The fourth-order valence-electron chi connectivity index (χ4n) is 3.27. The molecular formula is C24H21N5O3S. The summed E-state index contributed by atoms with van der Waals surface area (Å²) in [5, 5.41) is 10.2. The lowest BCUT2D eigenvalue weighted by Gasteiger charge is -2.09. The van der Waals surface area contributed by atoms with Crippen LogP contribution in [0.1, 0.15) is 28.4 Å². The zero-order chi connectivity index (χ0) is 23.4. The summed E-state index contributed by atoms with van der Waals surface area (Å²) >= 11 is 0. The molecule has 0 saturated heterocycles. The van der Waals surface area contributed by atoms with Crippen LogP contribution in [-0.4, -0.2) is 36.2 Å². The average molecular weight is 460 g/mol. The van der Waals surface area contributed by atoms with Gasteiger partial charge in [-0.2, -0.15) is 5.10 Å². The zero-order valence-electron chi connectivity index (χ0n) is 17.8. The van der Waals surface area contributed by atoms with Crippen molar-refractivity contribution in [1.82, 2.24) is 20.5 Å². The predicted molar refractivity (Wildman–Crippen MR) is 128 cm³/mol. The Balaban J connectivity index is 1.46. The molecule has 4 rings (SSSR count). The van der Waals surface area contributed by atoms with E-state index in [1.807, 2.05) is 12.1 Å². The number of nitrogens with zero attached hydrogens (tertiary/aromatic N) is 3. The summed E-state index contributed by atoms with van der Waals surface area (Å²) in [6.07, 6.45) is 4.65. The van der Waals surface area contributed by atoms with Gasteiger partial charge in [0.1, 0.15) is 0 Å². The van der Waals surface area contributed by atoms with E-state index < -0.39 is 9.84 Å². The molecule has 0 saturated carbocycles. The first-order valence-electron chi connectivity index (χ1n) is 10.0. The summed E-state index contributed by atoms with van der Waals surface area (Å²) in [6.45, 7) is 5.32. The third-order valence-corrected chi connectivity index (χ3v) is 6.99. The zero-order valence-corrected chi connectivity index (χ0v) is 18.6. The average Bonchev–Trinajstić information content (AvgIpc) is 3.31. The number of H-pyrrole nitrogens is 1. The van der Waals surface area contributed by atoms with E-state index in [9.17, 15) is 13.2 Å². The summed E-state index contributed by atoms with van der Waals surface area (Å²) in [6, 6.07) is 15.3. The summed E-state index contributed by atoms with van der Waals surface area (Å²) in [4.78, 5) is 20.9. The first-order valence-corrected chi connectivity index (χ1v) is 11.5. The molecule has 0 spiro atoms. The SMILES string of the molecule is C=Nc1ccccc1/C=C(\C)S(=O)(=O)c1ccc(CNC(=O)c2cnc3[nH]ncc3c2)cc1. The van der Waals surface area contributed by atoms with Gasteiger partial charge in [0.2, 0.25) is 9.84 Å². The van der Waals surface area contributed by atoms with Crippen molar-refractivity contribution in [2.75, 3.05) is 0 Å². The normalized spacial score (nSPS) is 12.0. The number of fused-ring (bicyclic) bond motifs is 1. The molecule has 33 heavy (non-hydrogen) atoms. The van der Waals surface area contributed by atoms with Crippen LogP contribution in [0.3, 0.4) is 0 Å². The lowest BCUT2D eigenvalue weighted by molar-refractivity contribution is 0.0950. The van der Waals surface area contributed by atoms with Crippen molar-refractivity contribution in [1.29, 1.82) is 0 Å². The van der Waals surface area contributed by atoms with Crippen molar-refractivity contribution in [2.24, 2.45) is 4.99 Å². The molecule has 0 bridgehead atoms. The Morgan fingerprint density at radius 1 is 1.15 bits per heavy atom. The van der Waals surface area contributed by atoms with E-state index in [-0.39, 0.29) is 22.3 Å². The van der Waals surface area contributed by atoms with Crippen LogP contribution >= 0.6 is 0 Å². The van der Waals surface area contributed by atoms with Gasteiger partial charge in [0, 0.05) is 28.6 Å². The van der Waals surface area contributed by atoms with Crippen molar-refractivity contribution >= 4 is 45.3 Å². The number of aliphatic imine (C=N–C) groups is 1. The number of allylic oxidation sites excluding steroid dienone is 1. The minimum atomic E-state index is -3.67. The number of sulfone groups is 1. The minimum Gasteiger partial charge on any atom is -0.348 e. The monoisotopic (exact) mass is 459 g/mol. The maximum Gasteiger partial charge on any atom is 0.253 e. The molecule has 2 heterocycles. The predicted octanol–water partition coefficient (Wildman–Crippen LogP) is 4.05. The van der Waals surface area contributed by atoms with Gasteiger partial charge in [0.25, 0.3) is 5.91 Å². The minimum absolute atomic E-state index is 0.171. The van der Waals surface area contributed by atoms with Gasteiger partial charge in [0.15, 0.2) is 5.65 Å². The van der Waals surface area contributed by atoms with Gasteiger partial charge in [-0.05, 0) is 49.5 Å². The van der Waals surface area contributed by atoms with Crippen LogP contribution in [0.25, 0.3) is 17.1 Å². The Morgan fingerprint density at radius 2 is 1.91 bits per heavy atom. The molecule has 0 unspecified atom stereocenters. The second-order valence-electron chi connectivity index (χ2n) is 7.33. The van der Waals surface area contributed by atoms with Gasteiger partial charge in [0.05, 0.1) is 22.3 Å². The molecule has 9 heteroatoms. The molecule has 8 nitrogen and oxygen atoms in total. The molecule has 0 atom stereocenters. The third-order valence-electron chi connectivity index (χ3n) is 5.13. The summed E-state index contributed by atoms with van der Waals surface area (Å²) in [7, 11) is -3.67. The number of pyridine rings is 1. The third kappa shape index (κ3) is 4.73. The van der Waals surface area contributed by atoms with Crippen LogP contribution in [0.2, 0.25) is 0 Å². The number of rotatable bonds is 7. The van der Waals surface area contributed by atoms with Crippen molar-refractivity contribution in [3.63, 3.8) is 0 Å². The van der Waals surface area contributed by atoms with Crippen LogP contribution in [0.5, 0.6) is 0 Å². The quantitative estimate of drug-likeness (QED) is 0.404. The van der Waals surface area contributed by atoms with Crippen LogP contribution in [0.4, 0.5) is 5.69 Å². The number of aromatic nitrogens is 3. The highest BCUT2D eigenvalue weighted by Crippen LogP contribution is 2.26. The molecule has 2 aromatic carbocycles. The van der Waals surface area contributed by atoms with E-state index in [0.29, 0.717) is 22.5 Å². The first-order chi connectivity index (χ1) is 15.9. The number of aromatic amines is 1. The molecule has 0 fully saturated rings. The number of carbonyl (C=O) groups is 1. The maximum absolute atomic E-state index is 13.0. The Labute approximate surface area is 191 Å².